The number of rotatable bonds is 5. The van der Waals surface area contributed by atoms with Gasteiger partial charge >= 0.3 is 0 Å². The number of nitrogens with zero attached hydrogens (tertiary/aromatic N) is 2. The van der Waals surface area contributed by atoms with Crippen molar-refractivity contribution in [2.75, 3.05) is 12.4 Å². The molecule has 1 amide bonds. The van der Waals surface area contributed by atoms with E-state index in [-0.39, 0.29) is 23.7 Å². The summed E-state index contributed by atoms with van der Waals surface area (Å²) in [6.45, 7) is 0.264. The average Bonchev–Trinajstić information content (AvgIpc) is 2.97. The zero-order valence-electron chi connectivity index (χ0n) is 10.6. The highest BCUT2D eigenvalue weighted by Gasteiger charge is 2.17. The molecule has 0 fully saturated rings. The van der Waals surface area contributed by atoms with Gasteiger partial charge in [0.1, 0.15) is 5.69 Å². The average molecular weight is 276 g/mol. The molecule has 0 saturated carbocycles. The van der Waals surface area contributed by atoms with Gasteiger partial charge in [0.15, 0.2) is 5.76 Å². The zero-order valence-corrected chi connectivity index (χ0v) is 10.6. The number of anilines is 1. The molecule has 1 aromatic heterocycles. The number of nitro benzene ring substituents is 1. The number of hydrogen-bond donors (Lipinski definition) is 2. The highest BCUT2D eigenvalue weighted by atomic mass is 16.6. The third-order valence-corrected chi connectivity index (χ3v) is 2.63. The second-order valence-electron chi connectivity index (χ2n) is 3.90. The lowest BCUT2D eigenvalue weighted by Crippen LogP contribution is -2.18. The van der Waals surface area contributed by atoms with Gasteiger partial charge in [-0.25, -0.2) is 0 Å². The number of carbonyl (C=O) groups is 1. The van der Waals surface area contributed by atoms with Crippen LogP contribution in [0.25, 0.3) is 0 Å². The Labute approximate surface area is 113 Å². The summed E-state index contributed by atoms with van der Waals surface area (Å²) in [5.74, 6) is 0.171. The molecule has 0 radical (unpaired) electrons. The molecule has 1 heterocycles. The molecule has 0 bridgehead atoms. The first kappa shape index (κ1) is 13.5. The summed E-state index contributed by atoms with van der Waals surface area (Å²) in [5, 5.41) is 19.9. The largest absolute Gasteiger partial charge is 0.372 e. The third-order valence-electron chi connectivity index (χ3n) is 2.63. The SMILES string of the molecule is CNC(=O)c1ccc(NCc2ccno2)c([N+](=O)[O-])c1. The molecule has 0 spiro atoms. The number of benzene rings is 1. The van der Waals surface area contributed by atoms with E-state index in [2.05, 4.69) is 15.8 Å². The fourth-order valence-corrected chi connectivity index (χ4v) is 1.63. The van der Waals surface area contributed by atoms with Crippen LogP contribution < -0.4 is 10.6 Å². The Hall–Kier alpha value is -2.90. The van der Waals surface area contributed by atoms with E-state index in [9.17, 15) is 14.9 Å². The standard InChI is InChI=1S/C12H12N4O4/c1-13-12(17)8-2-3-10(11(6-8)16(18)19)14-7-9-4-5-15-20-9/h2-6,14H,7H2,1H3,(H,13,17). The van der Waals surface area contributed by atoms with Crippen molar-refractivity contribution in [1.82, 2.24) is 10.5 Å². The van der Waals surface area contributed by atoms with E-state index in [0.717, 1.165) is 0 Å². The van der Waals surface area contributed by atoms with Gasteiger partial charge in [0.05, 0.1) is 17.7 Å². The van der Waals surface area contributed by atoms with Crippen LogP contribution in [-0.2, 0) is 6.54 Å². The van der Waals surface area contributed by atoms with Crippen molar-refractivity contribution in [3.63, 3.8) is 0 Å². The molecule has 8 nitrogen and oxygen atoms in total. The number of carbonyl (C=O) groups excluding carboxylic acids is 1. The molecule has 8 heteroatoms. The molecule has 2 aromatic rings. The predicted octanol–water partition coefficient (Wildman–Crippen LogP) is 1.55. The summed E-state index contributed by atoms with van der Waals surface area (Å²) < 4.78 is 4.89. The fraction of sp³-hybridized carbons (Fsp3) is 0.167. The van der Waals surface area contributed by atoms with E-state index in [1.807, 2.05) is 0 Å². The molecule has 104 valence electrons. The van der Waals surface area contributed by atoms with Gasteiger partial charge in [-0.15, -0.1) is 0 Å². The lowest BCUT2D eigenvalue weighted by Gasteiger charge is -2.07. The summed E-state index contributed by atoms with van der Waals surface area (Å²) in [4.78, 5) is 22.0. The van der Waals surface area contributed by atoms with Gasteiger partial charge in [0.2, 0.25) is 0 Å². The Balaban J connectivity index is 2.23. The first-order chi connectivity index (χ1) is 9.61. The van der Waals surface area contributed by atoms with Crippen molar-refractivity contribution < 1.29 is 14.2 Å². The molecule has 0 aliphatic rings. The highest BCUT2D eigenvalue weighted by molar-refractivity contribution is 5.95. The molecular weight excluding hydrogens is 264 g/mol. The van der Waals surface area contributed by atoms with Crippen molar-refractivity contribution in [2.45, 2.75) is 6.54 Å². The quantitative estimate of drug-likeness (QED) is 0.633. The normalized spacial score (nSPS) is 10.1. The maximum atomic E-state index is 11.5. The van der Waals surface area contributed by atoms with E-state index in [4.69, 9.17) is 4.52 Å². The molecule has 0 unspecified atom stereocenters. The van der Waals surface area contributed by atoms with E-state index in [0.29, 0.717) is 11.4 Å². The summed E-state index contributed by atoms with van der Waals surface area (Å²) in [6.07, 6.45) is 1.49. The minimum absolute atomic E-state index is 0.175. The van der Waals surface area contributed by atoms with Crippen molar-refractivity contribution in [1.29, 1.82) is 0 Å². The van der Waals surface area contributed by atoms with Crippen LogP contribution in [0.2, 0.25) is 0 Å². The summed E-state index contributed by atoms with van der Waals surface area (Å²) in [5.41, 5.74) is 0.356. The maximum absolute atomic E-state index is 11.5. The Morgan fingerprint density at radius 2 is 2.25 bits per heavy atom. The second kappa shape index (κ2) is 5.83. The molecule has 0 aliphatic carbocycles. The molecule has 0 saturated heterocycles. The number of aromatic nitrogens is 1. The first-order valence-electron chi connectivity index (χ1n) is 5.75. The zero-order chi connectivity index (χ0) is 14.5. The number of hydrogen-bond acceptors (Lipinski definition) is 6. The minimum atomic E-state index is -0.546. The van der Waals surface area contributed by atoms with Crippen molar-refractivity contribution >= 4 is 17.3 Å². The van der Waals surface area contributed by atoms with Crippen molar-refractivity contribution in [3.8, 4) is 0 Å². The van der Waals surface area contributed by atoms with Crippen LogP contribution >= 0.6 is 0 Å². The Kier molecular flexibility index (Phi) is 3.94. The minimum Gasteiger partial charge on any atom is -0.372 e. The monoisotopic (exact) mass is 276 g/mol. The lowest BCUT2D eigenvalue weighted by atomic mass is 10.1. The van der Waals surface area contributed by atoms with Crippen molar-refractivity contribution in [2.24, 2.45) is 0 Å². The van der Waals surface area contributed by atoms with Crippen LogP contribution in [0.5, 0.6) is 0 Å². The van der Waals surface area contributed by atoms with E-state index >= 15 is 0 Å². The van der Waals surface area contributed by atoms with Crippen LogP contribution in [0.4, 0.5) is 11.4 Å². The van der Waals surface area contributed by atoms with Crippen LogP contribution in [0, 0.1) is 10.1 Å². The molecule has 1 aromatic carbocycles. The second-order valence-corrected chi connectivity index (χ2v) is 3.90. The van der Waals surface area contributed by atoms with Gasteiger partial charge in [-0.05, 0) is 12.1 Å². The van der Waals surface area contributed by atoms with Crippen LogP contribution in [0.3, 0.4) is 0 Å². The number of nitro groups is 1. The van der Waals surface area contributed by atoms with E-state index in [1.165, 1.54) is 31.4 Å². The van der Waals surface area contributed by atoms with Gasteiger partial charge in [0.25, 0.3) is 11.6 Å². The smallest absolute Gasteiger partial charge is 0.293 e. The van der Waals surface area contributed by atoms with E-state index < -0.39 is 4.92 Å². The topological polar surface area (TPSA) is 110 Å². The third kappa shape index (κ3) is 2.91. The number of amides is 1. The highest BCUT2D eigenvalue weighted by Crippen LogP contribution is 2.26. The predicted molar refractivity (Wildman–Crippen MR) is 70.3 cm³/mol. The summed E-state index contributed by atoms with van der Waals surface area (Å²) in [7, 11) is 1.46. The lowest BCUT2D eigenvalue weighted by molar-refractivity contribution is -0.384. The Morgan fingerprint density at radius 1 is 1.45 bits per heavy atom. The molecule has 0 atom stereocenters. The molecule has 0 aliphatic heterocycles. The summed E-state index contributed by atoms with van der Waals surface area (Å²) in [6, 6.07) is 5.87. The molecule has 2 N–H and O–H groups in total. The summed E-state index contributed by atoms with van der Waals surface area (Å²) >= 11 is 0. The Morgan fingerprint density at radius 3 is 2.85 bits per heavy atom. The Bertz CT molecular complexity index is 624. The molecule has 20 heavy (non-hydrogen) atoms. The van der Waals surface area contributed by atoms with Gasteiger partial charge < -0.3 is 15.2 Å². The van der Waals surface area contributed by atoms with E-state index in [1.54, 1.807) is 6.07 Å². The van der Waals surface area contributed by atoms with Gasteiger partial charge in [-0.3, -0.25) is 14.9 Å². The van der Waals surface area contributed by atoms with Crippen LogP contribution in [0.15, 0.2) is 35.0 Å². The van der Waals surface area contributed by atoms with Crippen LogP contribution in [-0.4, -0.2) is 23.0 Å². The van der Waals surface area contributed by atoms with Gasteiger partial charge in [-0.1, -0.05) is 5.16 Å². The number of nitrogens with one attached hydrogen (secondary N) is 2. The van der Waals surface area contributed by atoms with Crippen LogP contribution in [0.1, 0.15) is 16.1 Å². The van der Waals surface area contributed by atoms with Gasteiger partial charge in [0, 0.05) is 24.7 Å². The molecule has 2 rings (SSSR count). The molecular formula is C12H12N4O4. The first-order valence-corrected chi connectivity index (χ1v) is 5.75. The van der Waals surface area contributed by atoms with Crippen molar-refractivity contribution in [3.05, 3.63) is 51.9 Å². The van der Waals surface area contributed by atoms with Gasteiger partial charge in [-0.2, -0.15) is 0 Å². The maximum Gasteiger partial charge on any atom is 0.293 e. The fourth-order valence-electron chi connectivity index (χ4n) is 1.63.